The average molecular weight is 451 g/mol. The maximum atomic E-state index is 5.21. The molecule has 0 radical (unpaired) electrons. The smallest absolute Gasteiger partial charge is 0.271 e. The van der Waals surface area contributed by atoms with Crippen LogP contribution in [0.25, 0.3) is 0 Å². The third-order valence-electron chi connectivity index (χ3n) is 4.79. The van der Waals surface area contributed by atoms with E-state index in [0.29, 0.717) is 5.95 Å². The summed E-state index contributed by atoms with van der Waals surface area (Å²) in [4.78, 5) is 0. The van der Waals surface area contributed by atoms with Gasteiger partial charge in [0, 0.05) is 13.2 Å². The Kier molecular flexibility index (Phi) is 30.2. The van der Waals surface area contributed by atoms with Crippen molar-refractivity contribution in [3.63, 3.8) is 0 Å². The second kappa shape index (κ2) is 29.5. The van der Waals surface area contributed by atoms with Crippen LogP contribution in [0.1, 0.15) is 110 Å². The first-order valence-corrected chi connectivity index (χ1v) is 13.2. The van der Waals surface area contributed by atoms with Gasteiger partial charge in [-0.1, -0.05) is 115 Å². The third kappa shape index (κ3) is 28.5. The van der Waals surface area contributed by atoms with Gasteiger partial charge in [-0.15, -0.1) is 0 Å². The van der Waals surface area contributed by atoms with Crippen LogP contribution in [0.2, 0.25) is 0 Å². The van der Waals surface area contributed by atoms with Crippen molar-refractivity contribution in [3.05, 3.63) is 48.4 Å². The Labute approximate surface area is 200 Å². The largest absolute Gasteiger partial charge is 0.466 e. The van der Waals surface area contributed by atoms with Crippen LogP contribution in [0.15, 0.2) is 42.9 Å². The fourth-order valence-corrected chi connectivity index (χ4v) is 2.81. The molecular weight excluding hydrogens is 396 g/mol. The van der Waals surface area contributed by atoms with E-state index < -0.39 is 0 Å². The molecule has 1 heterocycles. The number of aryl methyl sites for hydroxylation is 1. The summed E-state index contributed by atoms with van der Waals surface area (Å²) in [7, 11) is 0. The summed E-state index contributed by atoms with van der Waals surface area (Å²) in [5, 5.41) is 0. The van der Waals surface area contributed by atoms with Crippen LogP contribution in [0.3, 0.4) is 0 Å². The summed E-state index contributed by atoms with van der Waals surface area (Å²) in [6.45, 7) is 17.4. The van der Waals surface area contributed by atoms with Crippen LogP contribution in [0, 0.1) is 6.92 Å². The maximum Gasteiger partial charge on any atom is 0.271 e. The molecule has 0 aromatic heterocycles. The molecular formula is C29H54O3. The van der Waals surface area contributed by atoms with Crippen LogP contribution in [-0.4, -0.2) is 26.4 Å². The first kappa shape index (κ1) is 32.7. The van der Waals surface area contributed by atoms with Gasteiger partial charge in [0.1, 0.15) is 0 Å². The van der Waals surface area contributed by atoms with Crippen molar-refractivity contribution in [2.45, 2.75) is 112 Å². The lowest BCUT2D eigenvalue weighted by Gasteiger charge is -2.09. The van der Waals surface area contributed by atoms with Crippen molar-refractivity contribution >= 4 is 0 Å². The Morgan fingerprint density at radius 3 is 1.41 bits per heavy atom. The van der Waals surface area contributed by atoms with E-state index in [1.807, 2.05) is 32.0 Å². The van der Waals surface area contributed by atoms with E-state index in [2.05, 4.69) is 39.5 Å². The Balaban J connectivity index is 0. The first-order valence-electron chi connectivity index (χ1n) is 13.2. The van der Waals surface area contributed by atoms with E-state index in [9.17, 15) is 0 Å². The monoisotopic (exact) mass is 450 g/mol. The van der Waals surface area contributed by atoms with Gasteiger partial charge in [-0.25, -0.2) is 0 Å². The Bertz CT molecular complexity index is 420. The number of benzene rings is 1. The predicted octanol–water partition coefficient (Wildman–Crippen LogP) is 9.25. The summed E-state index contributed by atoms with van der Waals surface area (Å²) in [5.41, 5.74) is 1.32. The molecule has 0 spiro atoms. The highest BCUT2D eigenvalue weighted by Crippen LogP contribution is 2.15. The van der Waals surface area contributed by atoms with Gasteiger partial charge in [-0.3, -0.25) is 0 Å². The van der Waals surface area contributed by atoms with Crippen LogP contribution >= 0.6 is 0 Å². The van der Waals surface area contributed by atoms with Gasteiger partial charge in [0.15, 0.2) is 0 Å². The summed E-state index contributed by atoms with van der Waals surface area (Å²) in [6.07, 6.45) is 16.0. The molecule has 0 unspecified atom stereocenters. The van der Waals surface area contributed by atoms with Crippen molar-refractivity contribution in [1.82, 2.24) is 0 Å². The fourth-order valence-electron chi connectivity index (χ4n) is 2.81. The highest BCUT2D eigenvalue weighted by Gasteiger charge is 1.96. The number of ether oxygens (including phenoxy) is 3. The minimum atomic E-state index is 0.469. The molecule has 2 aliphatic rings. The molecule has 1 aromatic carbocycles. The molecule has 1 saturated heterocycles. The first-order chi connectivity index (χ1) is 15.7. The molecule has 1 saturated carbocycles. The quantitative estimate of drug-likeness (QED) is 0.292. The lowest BCUT2D eigenvalue weighted by molar-refractivity contribution is 0.0349. The van der Waals surface area contributed by atoms with Crippen molar-refractivity contribution in [2.75, 3.05) is 26.4 Å². The molecule has 3 rings (SSSR count). The van der Waals surface area contributed by atoms with E-state index in [1.165, 1.54) is 56.9 Å². The molecule has 1 aliphatic heterocycles. The van der Waals surface area contributed by atoms with Crippen molar-refractivity contribution < 1.29 is 14.2 Å². The number of hydrogen-bond donors (Lipinski definition) is 0. The van der Waals surface area contributed by atoms with E-state index in [4.69, 9.17) is 14.2 Å². The topological polar surface area (TPSA) is 27.7 Å². The minimum Gasteiger partial charge on any atom is -0.466 e. The van der Waals surface area contributed by atoms with Gasteiger partial charge < -0.3 is 14.2 Å². The molecule has 0 amide bonds. The summed E-state index contributed by atoms with van der Waals surface area (Å²) in [5.74, 6) is 0.469. The molecule has 32 heavy (non-hydrogen) atoms. The molecule has 2 fully saturated rings. The molecule has 0 atom stereocenters. The predicted molar refractivity (Wildman–Crippen MR) is 141 cm³/mol. The SMILES string of the molecule is C1CCCCC1.C1CCOC1.C=C(OCCCC)OCCCC.CC.Cc1ccccc1. The number of hydrogen-bond acceptors (Lipinski definition) is 3. The summed E-state index contributed by atoms with van der Waals surface area (Å²) >= 11 is 0. The summed E-state index contributed by atoms with van der Waals surface area (Å²) < 4.78 is 15.4. The molecule has 1 aromatic rings. The molecule has 188 valence electrons. The average Bonchev–Trinajstić information content (AvgIpc) is 3.44. The van der Waals surface area contributed by atoms with Gasteiger partial charge in [0.25, 0.3) is 5.95 Å². The Morgan fingerprint density at radius 2 is 1.16 bits per heavy atom. The maximum absolute atomic E-state index is 5.21. The van der Waals surface area contributed by atoms with Crippen LogP contribution < -0.4 is 0 Å². The Hall–Kier alpha value is -1.48. The van der Waals surface area contributed by atoms with Crippen molar-refractivity contribution in [3.8, 4) is 0 Å². The van der Waals surface area contributed by atoms with E-state index in [-0.39, 0.29) is 0 Å². The van der Waals surface area contributed by atoms with Crippen LogP contribution in [0.5, 0.6) is 0 Å². The van der Waals surface area contributed by atoms with Gasteiger partial charge in [0.2, 0.25) is 0 Å². The molecule has 3 nitrogen and oxygen atoms in total. The summed E-state index contributed by atoms with van der Waals surface area (Å²) in [6, 6.07) is 10.3. The molecule has 1 aliphatic carbocycles. The normalized spacial score (nSPS) is 13.9. The van der Waals surface area contributed by atoms with Crippen LogP contribution in [0.4, 0.5) is 0 Å². The number of unbranched alkanes of at least 4 members (excludes halogenated alkanes) is 2. The van der Waals surface area contributed by atoms with Crippen molar-refractivity contribution in [2.24, 2.45) is 0 Å². The van der Waals surface area contributed by atoms with E-state index in [0.717, 1.165) is 52.1 Å². The highest BCUT2D eigenvalue weighted by molar-refractivity contribution is 5.11. The lowest BCUT2D eigenvalue weighted by atomic mass is 10.0. The third-order valence-corrected chi connectivity index (χ3v) is 4.79. The van der Waals surface area contributed by atoms with Crippen molar-refractivity contribution in [1.29, 1.82) is 0 Å². The van der Waals surface area contributed by atoms with Gasteiger partial charge in [-0.2, -0.15) is 0 Å². The van der Waals surface area contributed by atoms with Gasteiger partial charge in [-0.05, 0) is 39.2 Å². The zero-order valence-corrected chi connectivity index (χ0v) is 22.1. The van der Waals surface area contributed by atoms with Gasteiger partial charge >= 0.3 is 0 Å². The minimum absolute atomic E-state index is 0.469. The standard InChI is InChI=1S/C10H20O2.C7H8.C6H12.C4H8O.C2H6/c1-4-6-8-11-10(3)12-9-7-5-2;1-7-5-3-2-4-6-7;1-2-4-6-5-3-1;1-2-4-5-3-1;1-2/h3-9H2,1-2H3;2-6H,1H3;1-6H2;1-4H2;1-2H3. The number of rotatable bonds is 8. The fraction of sp³-hybridized carbons (Fsp3) is 0.724. The van der Waals surface area contributed by atoms with E-state index >= 15 is 0 Å². The van der Waals surface area contributed by atoms with Gasteiger partial charge in [0.05, 0.1) is 13.2 Å². The zero-order chi connectivity index (χ0) is 24.1. The van der Waals surface area contributed by atoms with Crippen LogP contribution in [-0.2, 0) is 14.2 Å². The molecule has 0 N–H and O–H groups in total. The molecule has 3 heteroatoms. The van der Waals surface area contributed by atoms with E-state index in [1.54, 1.807) is 0 Å². The zero-order valence-electron chi connectivity index (χ0n) is 22.1. The second-order valence-electron chi connectivity index (χ2n) is 7.87. The second-order valence-corrected chi connectivity index (χ2v) is 7.87. The highest BCUT2D eigenvalue weighted by atomic mass is 16.7. The lowest BCUT2D eigenvalue weighted by Crippen LogP contribution is -1.99. The Morgan fingerprint density at radius 1 is 0.750 bits per heavy atom. The molecule has 0 bridgehead atoms.